The van der Waals surface area contributed by atoms with Gasteiger partial charge in [-0.25, -0.2) is 0 Å². The van der Waals surface area contributed by atoms with Gasteiger partial charge in [0, 0.05) is 13.5 Å². The summed E-state index contributed by atoms with van der Waals surface area (Å²) >= 11 is 0. The highest BCUT2D eigenvalue weighted by Gasteiger charge is 2.45. The van der Waals surface area contributed by atoms with Crippen LogP contribution in [0.4, 0.5) is 0 Å². The average Bonchev–Trinajstić information content (AvgIpc) is 2.67. The number of hydrogen-bond donors (Lipinski definition) is 0. The van der Waals surface area contributed by atoms with Gasteiger partial charge < -0.3 is 4.74 Å². The van der Waals surface area contributed by atoms with Crippen LogP contribution in [-0.4, -0.2) is 30.2 Å². The summed E-state index contributed by atoms with van der Waals surface area (Å²) in [7, 11) is 1.78. The molecule has 104 valence electrons. The molecule has 1 fully saturated rings. The molecule has 0 radical (unpaired) electrons. The Kier molecular flexibility index (Phi) is 3.92. The number of nitrogens with zero attached hydrogens (tertiary/aromatic N) is 1. The SMILES string of the molecule is CC(C)OC(=O)[C@@H]1C[C@](C)(c2ccccc2)ON1C. The largest absolute Gasteiger partial charge is 0.462 e. The van der Waals surface area contributed by atoms with Crippen molar-refractivity contribution in [3.63, 3.8) is 0 Å². The van der Waals surface area contributed by atoms with Crippen LogP contribution in [0.1, 0.15) is 32.8 Å². The van der Waals surface area contributed by atoms with Crippen LogP contribution in [0.25, 0.3) is 0 Å². The number of benzene rings is 1. The topological polar surface area (TPSA) is 38.8 Å². The molecule has 1 aliphatic rings. The lowest BCUT2D eigenvalue weighted by Crippen LogP contribution is -2.34. The number of hydroxylamine groups is 2. The van der Waals surface area contributed by atoms with Crippen molar-refractivity contribution in [3.05, 3.63) is 35.9 Å². The molecule has 0 unspecified atom stereocenters. The Bertz CT molecular complexity index is 446. The quantitative estimate of drug-likeness (QED) is 0.785. The van der Waals surface area contributed by atoms with Gasteiger partial charge in [-0.2, -0.15) is 5.06 Å². The van der Waals surface area contributed by atoms with Gasteiger partial charge in [-0.15, -0.1) is 0 Å². The summed E-state index contributed by atoms with van der Waals surface area (Å²) in [6.45, 7) is 5.70. The first-order valence-electron chi connectivity index (χ1n) is 6.60. The second-order valence-electron chi connectivity index (χ2n) is 5.44. The van der Waals surface area contributed by atoms with Crippen molar-refractivity contribution in [3.8, 4) is 0 Å². The molecule has 0 N–H and O–H groups in total. The van der Waals surface area contributed by atoms with Gasteiger partial charge in [0.1, 0.15) is 11.6 Å². The molecule has 1 aromatic rings. The minimum absolute atomic E-state index is 0.107. The van der Waals surface area contributed by atoms with E-state index in [0.717, 1.165) is 5.56 Å². The maximum absolute atomic E-state index is 12.0. The van der Waals surface area contributed by atoms with E-state index in [4.69, 9.17) is 9.57 Å². The Morgan fingerprint density at radius 2 is 2.05 bits per heavy atom. The van der Waals surface area contributed by atoms with E-state index in [9.17, 15) is 4.79 Å². The third-order valence-electron chi connectivity index (χ3n) is 3.38. The van der Waals surface area contributed by atoms with Crippen molar-refractivity contribution in [2.24, 2.45) is 0 Å². The Morgan fingerprint density at radius 3 is 2.63 bits per heavy atom. The number of esters is 1. The van der Waals surface area contributed by atoms with Crippen LogP contribution in [0, 0.1) is 0 Å². The van der Waals surface area contributed by atoms with E-state index in [-0.39, 0.29) is 18.1 Å². The molecule has 4 heteroatoms. The second kappa shape index (κ2) is 5.31. The highest BCUT2D eigenvalue weighted by Crippen LogP contribution is 2.38. The fraction of sp³-hybridized carbons (Fsp3) is 0.533. The molecular formula is C15H21NO3. The van der Waals surface area contributed by atoms with E-state index in [2.05, 4.69) is 0 Å². The molecule has 1 heterocycles. The molecule has 0 aromatic heterocycles. The van der Waals surface area contributed by atoms with E-state index in [0.29, 0.717) is 6.42 Å². The molecule has 19 heavy (non-hydrogen) atoms. The predicted octanol–water partition coefficient (Wildman–Crippen LogP) is 2.49. The van der Waals surface area contributed by atoms with Crippen molar-refractivity contribution in [2.75, 3.05) is 7.05 Å². The molecule has 4 nitrogen and oxygen atoms in total. The second-order valence-corrected chi connectivity index (χ2v) is 5.44. The normalized spacial score (nSPS) is 27.7. The van der Waals surface area contributed by atoms with Crippen molar-refractivity contribution < 1.29 is 14.4 Å². The fourth-order valence-electron chi connectivity index (χ4n) is 2.42. The number of carbonyl (C=O) groups is 1. The fourth-order valence-corrected chi connectivity index (χ4v) is 2.42. The monoisotopic (exact) mass is 263 g/mol. The number of ether oxygens (including phenoxy) is 1. The lowest BCUT2D eigenvalue weighted by molar-refractivity contribution is -0.197. The number of carbonyl (C=O) groups excluding carboxylic acids is 1. The molecule has 2 rings (SSSR count). The Morgan fingerprint density at radius 1 is 1.42 bits per heavy atom. The zero-order valence-corrected chi connectivity index (χ0v) is 11.9. The molecule has 1 saturated heterocycles. The van der Waals surface area contributed by atoms with Crippen LogP contribution >= 0.6 is 0 Å². The van der Waals surface area contributed by atoms with Crippen LogP contribution in [0.5, 0.6) is 0 Å². The number of rotatable bonds is 3. The first-order chi connectivity index (χ1) is 8.92. The van der Waals surface area contributed by atoms with E-state index in [1.807, 2.05) is 51.1 Å². The average molecular weight is 263 g/mol. The molecule has 0 spiro atoms. The first-order valence-corrected chi connectivity index (χ1v) is 6.60. The molecule has 1 aliphatic heterocycles. The maximum atomic E-state index is 12.0. The summed E-state index contributed by atoms with van der Waals surface area (Å²) in [6.07, 6.45) is 0.489. The lowest BCUT2D eigenvalue weighted by Gasteiger charge is -2.23. The van der Waals surface area contributed by atoms with Gasteiger partial charge in [0.15, 0.2) is 0 Å². The summed E-state index contributed by atoms with van der Waals surface area (Å²) in [6, 6.07) is 9.60. The minimum Gasteiger partial charge on any atom is -0.462 e. The molecule has 0 saturated carbocycles. The molecule has 2 atom stereocenters. The predicted molar refractivity (Wildman–Crippen MR) is 72.3 cm³/mol. The minimum atomic E-state index is -0.476. The third-order valence-corrected chi connectivity index (χ3v) is 3.38. The zero-order valence-electron chi connectivity index (χ0n) is 11.9. The highest BCUT2D eigenvalue weighted by molar-refractivity contribution is 5.76. The van der Waals surface area contributed by atoms with E-state index in [1.165, 1.54) is 0 Å². The summed E-state index contributed by atoms with van der Waals surface area (Å²) < 4.78 is 5.27. The highest BCUT2D eigenvalue weighted by atomic mass is 16.7. The van der Waals surface area contributed by atoms with E-state index < -0.39 is 5.60 Å². The zero-order chi connectivity index (χ0) is 14.0. The molecule has 1 aromatic carbocycles. The molecular weight excluding hydrogens is 242 g/mol. The molecule has 0 aliphatic carbocycles. The van der Waals surface area contributed by atoms with E-state index in [1.54, 1.807) is 12.1 Å². The van der Waals surface area contributed by atoms with Crippen molar-refractivity contribution in [2.45, 2.75) is 44.9 Å². The standard InChI is InChI=1S/C15H21NO3/c1-11(2)18-14(17)13-10-15(3,19-16(13)4)12-8-6-5-7-9-12/h5-9,11,13H,10H2,1-4H3/t13-,15+/m0/s1. The summed E-state index contributed by atoms with van der Waals surface area (Å²) in [5.41, 5.74) is 0.595. The van der Waals surface area contributed by atoms with Gasteiger partial charge in [0.2, 0.25) is 0 Å². The van der Waals surface area contributed by atoms with E-state index >= 15 is 0 Å². The summed E-state index contributed by atoms with van der Waals surface area (Å²) in [5.74, 6) is -0.225. The Labute approximate surface area is 114 Å². The lowest BCUT2D eigenvalue weighted by atomic mass is 9.90. The summed E-state index contributed by atoms with van der Waals surface area (Å²) in [4.78, 5) is 17.9. The maximum Gasteiger partial charge on any atom is 0.326 e. The molecule has 0 bridgehead atoms. The van der Waals surface area contributed by atoms with Gasteiger partial charge in [0.25, 0.3) is 0 Å². The molecule has 0 amide bonds. The van der Waals surface area contributed by atoms with Gasteiger partial charge in [-0.05, 0) is 26.3 Å². The Hall–Kier alpha value is -1.39. The van der Waals surface area contributed by atoms with Crippen LogP contribution in [0.3, 0.4) is 0 Å². The third kappa shape index (κ3) is 2.96. The van der Waals surface area contributed by atoms with Gasteiger partial charge in [0.05, 0.1) is 6.10 Å². The van der Waals surface area contributed by atoms with Gasteiger partial charge in [-0.1, -0.05) is 30.3 Å². The van der Waals surface area contributed by atoms with Crippen LogP contribution in [0.15, 0.2) is 30.3 Å². The van der Waals surface area contributed by atoms with Crippen molar-refractivity contribution in [1.29, 1.82) is 0 Å². The number of likely N-dealkylation sites (N-methyl/N-ethyl adjacent to an activating group) is 1. The van der Waals surface area contributed by atoms with Gasteiger partial charge in [-0.3, -0.25) is 9.63 Å². The van der Waals surface area contributed by atoms with Crippen LogP contribution in [-0.2, 0) is 20.0 Å². The smallest absolute Gasteiger partial charge is 0.326 e. The number of hydrogen-bond acceptors (Lipinski definition) is 4. The van der Waals surface area contributed by atoms with Crippen LogP contribution in [0.2, 0.25) is 0 Å². The van der Waals surface area contributed by atoms with Crippen LogP contribution < -0.4 is 0 Å². The van der Waals surface area contributed by atoms with Crippen molar-refractivity contribution >= 4 is 5.97 Å². The Balaban J connectivity index is 2.14. The first kappa shape index (κ1) is 14.0. The van der Waals surface area contributed by atoms with Gasteiger partial charge >= 0.3 is 5.97 Å². The van der Waals surface area contributed by atoms with Crippen molar-refractivity contribution in [1.82, 2.24) is 5.06 Å². The summed E-state index contributed by atoms with van der Waals surface area (Å²) in [5, 5.41) is 1.61.